The van der Waals surface area contributed by atoms with Crippen molar-refractivity contribution in [1.82, 2.24) is 5.32 Å². The summed E-state index contributed by atoms with van der Waals surface area (Å²) in [5.41, 5.74) is 1.47. The van der Waals surface area contributed by atoms with Crippen LogP contribution in [0.1, 0.15) is 15.9 Å². The smallest absolute Gasteiger partial charge is 0.255 e. The molecule has 0 bridgehead atoms. The summed E-state index contributed by atoms with van der Waals surface area (Å²) in [4.78, 5) is 12.6. The third-order valence-electron chi connectivity index (χ3n) is 4.67. The highest BCUT2D eigenvalue weighted by Gasteiger charge is 2.19. The van der Waals surface area contributed by atoms with E-state index in [1.165, 1.54) is 0 Å². The molecule has 0 saturated heterocycles. The summed E-state index contributed by atoms with van der Waals surface area (Å²) in [6.45, 7) is 0. The third kappa shape index (κ3) is 5.73. The highest BCUT2D eigenvalue weighted by Crippen LogP contribution is 2.40. The number of hydrogen-bond acceptors (Lipinski definition) is 2. The molecule has 5 heteroatoms. The van der Waals surface area contributed by atoms with Crippen molar-refractivity contribution in [3.63, 3.8) is 0 Å². The molecule has 0 atom stereocenters. The Labute approximate surface area is 197 Å². The highest BCUT2D eigenvalue weighted by atomic mass is 79.9. The molecule has 3 nitrogen and oxygen atoms in total. The standard InChI is InChI=1S/C27H21BrNO2P/c28-23-18-16-21(17-19-23)26(20-29-27(30)22-10-4-1-5-11-22)31-32(24-12-6-2-7-13-24)25-14-8-3-9-15-25/h1-20H,(H,29,30). The normalized spacial score (nSPS) is 11.2. The fraction of sp³-hybridized carbons (Fsp3) is 0. The summed E-state index contributed by atoms with van der Waals surface area (Å²) in [5, 5.41) is 5.07. The number of benzene rings is 4. The molecule has 0 saturated carbocycles. The van der Waals surface area contributed by atoms with Crippen LogP contribution in [0.25, 0.3) is 5.76 Å². The molecule has 0 radical (unpaired) electrons. The number of rotatable bonds is 7. The van der Waals surface area contributed by atoms with E-state index in [0.29, 0.717) is 11.3 Å². The van der Waals surface area contributed by atoms with Crippen molar-refractivity contribution in [3.8, 4) is 0 Å². The number of halogens is 1. The summed E-state index contributed by atoms with van der Waals surface area (Å²) < 4.78 is 7.61. The number of hydrogen-bond donors (Lipinski definition) is 1. The van der Waals surface area contributed by atoms with Crippen molar-refractivity contribution in [1.29, 1.82) is 0 Å². The first-order valence-electron chi connectivity index (χ1n) is 10.1. The quantitative estimate of drug-likeness (QED) is 0.240. The van der Waals surface area contributed by atoms with Crippen LogP contribution in [0.3, 0.4) is 0 Å². The zero-order chi connectivity index (χ0) is 22.2. The van der Waals surface area contributed by atoms with Crippen LogP contribution in [0, 0.1) is 0 Å². The topological polar surface area (TPSA) is 38.3 Å². The number of nitrogens with one attached hydrogen (secondary N) is 1. The van der Waals surface area contributed by atoms with E-state index in [1.807, 2.05) is 78.9 Å². The zero-order valence-corrected chi connectivity index (χ0v) is 19.7. The molecule has 4 aromatic carbocycles. The molecule has 1 N–H and O–H groups in total. The van der Waals surface area contributed by atoms with Gasteiger partial charge in [0, 0.05) is 32.4 Å². The van der Waals surface area contributed by atoms with Gasteiger partial charge in [-0.1, -0.05) is 107 Å². The van der Waals surface area contributed by atoms with Crippen LogP contribution in [0.5, 0.6) is 0 Å². The largest absolute Gasteiger partial charge is 0.462 e. The van der Waals surface area contributed by atoms with Gasteiger partial charge in [-0.05, 0) is 24.3 Å². The Morgan fingerprint density at radius 3 is 1.72 bits per heavy atom. The Hall–Kier alpha value is -3.20. The van der Waals surface area contributed by atoms with Gasteiger partial charge in [0.1, 0.15) is 5.76 Å². The second kappa shape index (κ2) is 10.9. The molecular weight excluding hydrogens is 481 g/mol. The minimum absolute atomic E-state index is 0.187. The lowest BCUT2D eigenvalue weighted by atomic mass is 10.2. The summed E-state index contributed by atoms with van der Waals surface area (Å²) in [5.74, 6) is 0.410. The van der Waals surface area contributed by atoms with Gasteiger partial charge in [0.05, 0.1) is 0 Å². The molecule has 4 rings (SSSR count). The summed E-state index contributed by atoms with van der Waals surface area (Å²) in [7, 11) is -1.14. The van der Waals surface area contributed by atoms with Crippen molar-refractivity contribution >= 4 is 46.4 Å². The molecule has 0 aliphatic rings. The maximum absolute atomic E-state index is 12.6. The van der Waals surface area contributed by atoms with Gasteiger partial charge in [-0.3, -0.25) is 4.79 Å². The molecule has 1 amide bonds. The first-order chi connectivity index (χ1) is 15.7. The summed E-state index contributed by atoms with van der Waals surface area (Å²) in [6.07, 6.45) is 1.65. The van der Waals surface area contributed by atoms with Crippen LogP contribution < -0.4 is 15.9 Å². The van der Waals surface area contributed by atoms with Crippen LogP contribution in [0.2, 0.25) is 0 Å². The van der Waals surface area contributed by atoms with Crippen LogP contribution >= 0.6 is 24.1 Å². The molecule has 0 heterocycles. The number of amides is 1. The molecule has 0 fully saturated rings. The second-order valence-corrected chi connectivity index (χ2v) is 9.63. The van der Waals surface area contributed by atoms with Crippen LogP contribution in [-0.4, -0.2) is 5.91 Å². The summed E-state index contributed by atoms with van der Waals surface area (Å²) >= 11 is 3.49. The number of carbonyl (C=O) groups is 1. The fourth-order valence-electron chi connectivity index (χ4n) is 3.06. The van der Waals surface area contributed by atoms with Crippen molar-refractivity contribution in [2.24, 2.45) is 0 Å². The molecule has 0 aliphatic carbocycles. The van der Waals surface area contributed by atoms with Gasteiger partial charge >= 0.3 is 0 Å². The monoisotopic (exact) mass is 501 g/mol. The second-order valence-electron chi connectivity index (χ2n) is 6.91. The van der Waals surface area contributed by atoms with E-state index < -0.39 is 8.15 Å². The Morgan fingerprint density at radius 2 is 1.19 bits per heavy atom. The average molecular weight is 502 g/mol. The molecule has 0 unspecified atom stereocenters. The Bertz CT molecular complexity index is 1140. The van der Waals surface area contributed by atoms with Crippen molar-refractivity contribution in [2.75, 3.05) is 0 Å². The number of carbonyl (C=O) groups excluding carboxylic acids is 1. The van der Waals surface area contributed by atoms with Crippen molar-refractivity contribution in [3.05, 3.63) is 137 Å². The van der Waals surface area contributed by atoms with E-state index in [0.717, 1.165) is 20.6 Å². The van der Waals surface area contributed by atoms with Crippen LogP contribution in [0.15, 0.2) is 126 Å². The average Bonchev–Trinajstić information content (AvgIpc) is 2.86. The first kappa shape index (κ1) is 22.0. The molecule has 0 spiro atoms. The highest BCUT2D eigenvalue weighted by molar-refractivity contribution is 9.10. The summed E-state index contributed by atoms with van der Waals surface area (Å²) in [6, 6.07) is 37.3. The minimum atomic E-state index is -1.14. The Morgan fingerprint density at radius 1 is 0.688 bits per heavy atom. The van der Waals surface area contributed by atoms with Gasteiger partial charge < -0.3 is 9.84 Å². The van der Waals surface area contributed by atoms with Crippen molar-refractivity contribution in [2.45, 2.75) is 0 Å². The maximum atomic E-state index is 12.6. The fourth-order valence-corrected chi connectivity index (χ4v) is 5.07. The molecule has 158 valence electrons. The Kier molecular flexibility index (Phi) is 7.50. The third-order valence-corrected chi connectivity index (χ3v) is 7.11. The van der Waals surface area contributed by atoms with Gasteiger partial charge in [0.2, 0.25) is 0 Å². The van der Waals surface area contributed by atoms with E-state index >= 15 is 0 Å². The lowest BCUT2D eigenvalue weighted by Crippen LogP contribution is -2.19. The SMILES string of the molecule is O=C(NC=C(OP(c1ccccc1)c1ccccc1)c1ccc(Br)cc1)c1ccccc1. The van der Waals surface area contributed by atoms with Crippen molar-refractivity contribution < 1.29 is 9.32 Å². The molecule has 0 aromatic heterocycles. The maximum Gasteiger partial charge on any atom is 0.255 e. The van der Waals surface area contributed by atoms with E-state index in [1.54, 1.807) is 18.3 Å². The van der Waals surface area contributed by atoms with Gasteiger partial charge in [-0.25, -0.2) is 0 Å². The van der Waals surface area contributed by atoms with E-state index in [9.17, 15) is 4.79 Å². The first-order valence-corrected chi connectivity index (χ1v) is 12.2. The zero-order valence-electron chi connectivity index (χ0n) is 17.2. The lowest BCUT2D eigenvalue weighted by Gasteiger charge is -2.21. The minimum Gasteiger partial charge on any atom is -0.462 e. The predicted octanol–water partition coefficient (Wildman–Crippen LogP) is 6.24. The Balaban J connectivity index is 1.69. The van der Waals surface area contributed by atoms with Gasteiger partial charge in [0.15, 0.2) is 8.15 Å². The predicted molar refractivity (Wildman–Crippen MR) is 136 cm³/mol. The molecule has 4 aromatic rings. The van der Waals surface area contributed by atoms with E-state index in [4.69, 9.17) is 4.52 Å². The van der Waals surface area contributed by atoms with Crippen LogP contribution in [-0.2, 0) is 4.52 Å². The van der Waals surface area contributed by atoms with Gasteiger partial charge in [-0.2, -0.15) is 0 Å². The molecular formula is C27H21BrNO2P. The van der Waals surface area contributed by atoms with Crippen LogP contribution in [0.4, 0.5) is 0 Å². The van der Waals surface area contributed by atoms with Gasteiger partial charge in [-0.15, -0.1) is 0 Å². The molecule has 0 aliphatic heterocycles. The van der Waals surface area contributed by atoms with Gasteiger partial charge in [0.25, 0.3) is 5.91 Å². The van der Waals surface area contributed by atoms with E-state index in [2.05, 4.69) is 45.5 Å². The lowest BCUT2D eigenvalue weighted by molar-refractivity contribution is 0.0969. The molecule has 32 heavy (non-hydrogen) atoms. The van der Waals surface area contributed by atoms with E-state index in [-0.39, 0.29) is 5.91 Å².